The Bertz CT molecular complexity index is 324. The molecule has 106 valence electrons. The molecule has 0 aromatic carbocycles. The lowest BCUT2D eigenvalue weighted by atomic mass is 9.53. The molecule has 1 saturated carbocycles. The van der Waals surface area contributed by atoms with E-state index in [1.807, 2.05) is 0 Å². The van der Waals surface area contributed by atoms with Crippen molar-refractivity contribution in [1.82, 2.24) is 0 Å². The first-order valence-electron chi connectivity index (χ1n) is 6.91. The number of hydrogen-bond acceptors (Lipinski definition) is 3. The lowest BCUT2D eigenvalue weighted by Gasteiger charge is -2.55. The van der Waals surface area contributed by atoms with Gasteiger partial charge in [0.1, 0.15) is 5.60 Å². The standard InChI is InChI=1S/C15H28O3/c1-10-11-12(17-7)15(18-10,9-16-6)14(4,5)8-13(11,2)3/h10-12H,8-9H2,1-7H3. The molecule has 0 aromatic rings. The van der Waals surface area contributed by atoms with E-state index in [0.717, 1.165) is 6.42 Å². The van der Waals surface area contributed by atoms with Gasteiger partial charge in [-0.15, -0.1) is 0 Å². The Labute approximate surface area is 111 Å². The second-order valence-electron chi connectivity index (χ2n) is 7.38. The number of fused-ring (bicyclic) bond motifs is 2. The first-order valence-corrected chi connectivity index (χ1v) is 6.91. The van der Waals surface area contributed by atoms with Gasteiger partial charge in [-0.3, -0.25) is 0 Å². The van der Waals surface area contributed by atoms with E-state index in [4.69, 9.17) is 14.2 Å². The van der Waals surface area contributed by atoms with E-state index in [1.165, 1.54) is 0 Å². The number of ether oxygens (including phenoxy) is 3. The lowest BCUT2D eigenvalue weighted by molar-refractivity contribution is -0.205. The zero-order chi connectivity index (χ0) is 13.8. The minimum atomic E-state index is -0.309. The summed E-state index contributed by atoms with van der Waals surface area (Å²) < 4.78 is 17.8. The van der Waals surface area contributed by atoms with Crippen molar-refractivity contribution in [2.45, 2.75) is 58.8 Å². The van der Waals surface area contributed by atoms with Crippen molar-refractivity contribution >= 4 is 0 Å². The van der Waals surface area contributed by atoms with Gasteiger partial charge in [0.05, 0.1) is 18.8 Å². The summed E-state index contributed by atoms with van der Waals surface area (Å²) in [6.07, 6.45) is 1.48. The topological polar surface area (TPSA) is 27.7 Å². The summed E-state index contributed by atoms with van der Waals surface area (Å²) in [7, 11) is 3.56. The summed E-state index contributed by atoms with van der Waals surface area (Å²) in [5.74, 6) is 0.436. The molecular weight excluding hydrogens is 228 g/mol. The molecule has 1 heterocycles. The van der Waals surface area contributed by atoms with Crippen molar-refractivity contribution in [1.29, 1.82) is 0 Å². The predicted octanol–water partition coefficient (Wildman–Crippen LogP) is 2.88. The average molecular weight is 256 g/mol. The molecule has 0 radical (unpaired) electrons. The van der Waals surface area contributed by atoms with E-state index in [9.17, 15) is 0 Å². The highest BCUT2D eigenvalue weighted by Gasteiger charge is 2.69. The molecule has 4 unspecified atom stereocenters. The van der Waals surface area contributed by atoms with Gasteiger partial charge in [-0.1, -0.05) is 27.7 Å². The van der Waals surface area contributed by atoms with Crippen LogP contribution in [0, 0.1) is 16.7 Å². The highest BCUT2D eigenvalue weighted by Crippen LogP contribution is 2.62. The van der Waals surface area contributed by atoms with Crippen LogP contribution >= 0.6 is 0 Å². The van der Waals surface area contributed by atoms with Crippen LogP contribution < -0.4 is 0 Å². The van der Waals surface area contributed by atoms with Crippen LogP contribution in [0.1, 0.15) is 41.0 Å². The van der Waals surface area contributed by atoms with Crippen molar-refractivity contribution in [3.63, 3.8) is 0 Å². The summed E-state index contributed by atoms with van der Waals surface area (Å²) in [5, 5.41) is 0. The molecule has 2 rings (SSSR count). The van der Waals surface area contributed by atoms with Crippen LogP contribution in [-0.4, -0.2) is 38.6 Å². The lowest BCUT2D eigenvalue weighted by Crippen LogP contribution is -2.62. The van der Waals surface area contributed by atoms with Gasteiger partial charge in [-0.25, -0.2) is 0 Å². The largest absolute Gasteiger partial charge is 0.382 e. The molecule has 2 aliphatic rings. The Kier molecular flexibility index (Phi) is 3.33. The average Bonchev–Trinajstić information content (AvgIpc) is 2.48. The highest BCUT2D eigenvalue weighted by atomic mass is 16.6. The molecule has 0 aromatic heterocycles. The Morgan fingerprint density at radius 3 is 2.28 bits per heavy atom. The SMILES string of the molecule is COCC12OC(C)C(C1OC)C(C)(C)CC2(C)C. The van der Waals surface area contributed by atoms with Gasteiger partial charge in [0.2, 0.25) is 0 Å². The van der Waals surface area contributed by atoms with Gasteiger partial charge in [-0.2, -0.15) is 0 Å². The molecule has 0 N–H and O–H groups in total. The number of methoxy groups -OCH3 is 2. The zero-order valence-electron chi connectivity index (χ0n) is 12.9. The van der Waals surface area contributed by atoms with E-state index >= 15 is 0 Å². The maximum Gasteiger partial charge on any atom is 0.123 e. The van der Waals surface area contributed by atoms with Crippen LogP contribution in [0.3, 0.4) is 0 Å². The fourth-order valence-electron chi connectivity index (χ4n) is 4.87. The molecule has 1 aliphatic carbocycles. The predicted molar refractivity (Wildman–Crippen MR) is 71.6 cm³/mol. The molecule has 1 aliphatic heterocycles. The third-order valence-corrected chi connectivity index (χ3v) is 5.25. The van der Waals surface area contributed by atoms with Crippen LogP contribution in [-0.2, 0) is 14.2 Å². The molecular formula is C15H28O3. The molecule has 1 saturated heterocycles. The van der Waals surface area contributed by atoms with Gasteiger partial charge < -0.3 is 14.2 Å². The van der Waals surface area contributed by atoms with Crippen LogP contribution in [0.15, 0.2) is 0 Å². The van der Waals surface area contributed by atoms with Crippen LogP contribution in [0.5, 0.6) is 0 Å². The van der Waals surface area contributed by atoms with Crippen LogP contribution in [0.4, 0.5) is 0 Å². The summed E-state index contributed by atoms with van der Waals surface area (Å²) in [5.41, 5.74) is -0.0259. The molecule has 2 fully saturated rings. The maximum absolute atomic E-state index is 6.42. The summed E-state index contributed by atoms with van der Waals surface area (Å²) in [6, 6.07) is 0. The molecule has 2 bridgehead atoms. The highest BCUT2D eigenvalue weighted by molar-refractivity contribution is 5.17. The van der Waals surface area contributed by atoms with Crippen molar-refractivity contribution in [3.05, 3.63) is 0 Å². The van der Waals surface area contributed by atoms with Gasteiger partial charge in [0.15, 0.2) is 0 Å². The van der Waals surface area contributed by atoms with Gasteiger partial charge in [0, 0.05) is 20.1 Å². The fourth-order valence-corrected chi connectivity index (χ4v) is 4.87. The van der Waals surface area contributed by atoms with E-state index < -0.39 is 0 Å². The quantitative estimate of drug-likeness (QED) is 0.777. The van der Waals surface area contributed by atoms with Crippen molar-refractivity contribution in [3.8, 4) is 0 Å². The number of rotatable bonds is 3. The van der Waals surface area contributed by atoms with Crippen molar-refractivity contribution < 1.29 is 14.2 Å². The van der Waals surface area contributed by atoms with Crippen LogP contribution in [0.25, 0.3) is 0 Å². The smallest absolute Gasteiger partial charge is 0.123 e. The Morgan fingerprint density at radius 2 is 1.78 bits per heavy atom. The zero-order valence-corrected chi connectivity index (χ0v) is 12.9. The van der Waals surface area contributed by atoms with E-state index in [1.54, 1.807) is 14.2 Å². The molecule has 3 heteroatoms. The third-order valence-electron chi connectivity index (χ3n) is 5.25. The second-order valence-corrected chi connectivity index (χ2v) is 7.38. The van der Waals surface area contributed by atoms with E-state index in [2.05, 4.69) is 34.6 Å². The normalized spacial score (nSPS) is 45.2. The summed E-state index contributed by atoms with van der Waals surface area (Å²) >= 11 is 0. The first kappa shape index (κ1) is 14.3. The summed E-state index contributed by atoms with van der Waals surface area (Å²) in [4.78, 5) is 0. The van der Waals surface area contributed by atoms with Gasteiger partial charge >= 0.3 is 0 Å². The Morgan fingerprint density at radius 1 is 1.17 bits per heavy atom. The Hall–Kier alpha value is -0.120. The molecule has 4 atom stereocenters. The number of hydrogen-bond donors (Lipinski definition) is 0. The van der Waals surface area contributed by atoms with Crippen molar-refractivity contribution in [2.75, 3.05) is 20.8 Å². The monoisotopic (exact) mass is 256 g/mol. The van der Waals surface area contributed by atoms with E-state index in [0.29, 0.717) is 12.5 Å². The minimum Gasteiger partial charge on any atom is -0.382 e. The molecule has 3 nitrogen and oxygen atoms in total. The molecule has 0 amide bonds. The fraction of sp³-hybridized carbons (Fsp3) is 1.00. The molecule has 18 heavy (non-hydrogen) atoms. The van der Waals surface area contributed by atoms with Gasteiger partial charge in [0.25, 0.3) is 0 Å². The molecule has 0 spiro atoms. The van der Waals surface area contributed by atoms with E-state index in [-0.39, 0.29) is 28.6 Å². The van der Waals surface area contributed by atoms with Gasteiger partial charge in [-0.05, 0) is 24.2 Å². The van der Waals surface area contributed by atoms with Crippen molar-refractivity contribution in [2.24, 2.45) is 16.7 Å². The first-order chi connectivity index (χ1) is 8.22. The third kappa shape index (κ3) is 1.67. The summed E-state index contributed by atoms with van der Waals surface area (Å²) in [6.45, 7) is 12.0. The van der Waals surface area contributed by atoms with Crippen LogP contribution in [0.2, 0.25) is 0 Å². The minimum absolute atomic E-state index is 0.0500. The second kappa shape index (κ2) is 4.19. The Balaban J connectivity index is 2.50. The maximum atomic E-state index is 6.42.